The summed E-state index contributed by atoms with van der Waals surface area (Å²) in [5.41, 5.74) is 17.6. The molecule has 0 saturated carbocycles. The Hall–Kier alpha value is -8.26. The van der Waals surface area contributed by atoms with Crippen LogP contribution in [0.15, 0.2) is 261 Å². The summed E-state index contributed by atoms with van der Waals surface area (Å²) in [6.07, 6.45) is 0. The summed E-state index contributed by atoms with van der Waals surface area (Å²) in [5.74, 6) is 0. The van der Waals surface area contributed by atoms with Crippen molar-refractivity contribution in [3.05, 3.63) is 305 Å². The molecule has 0 atom stereocenters. The second kappa shape index (κ2) is 14.7. The highest BCUT2D eigenvalue weighted by Crippen LogP contribution is 2.59. The molecule has 0 bridgehead atoms. The number of hydrogen-bond acceptors (Lipinski definition) is 1. The van der Waals surface area contributed by atoms with Crippen LogP contribution in [0.1, 0.15) is 44.5 Å². The van der Waals surface area contributed by atoms with Crippen molar-refractivity contribution in [1.29, 1.82) is 0 Å². The highest BCUT2D eigenvalue weighted by molar-refractivity contribution is 6.09. The highest BCUT2D eigenvalue weighted by atomic mass is 15.1. The molecule has 1 nitrogen and oxygen atoms in total. The van der Waals surface area contributed by atoms with Crippen molar-refractivity contribution in [2.24, 2.45) is 0 Å². The topological polar surface area (TPSA) is 3.24 Å². The van der Waals surface area contributed by atoms with Gasteiger partial charge in [-0.05, 0) is 125 Å². The lowest BCUT2D eigenvalue weighted by Gasteiger charge is -2.35. The van der Waals surface area contributed by atoms with E-state index in [0.29, 0.717) is 0 Å². The van der Waals surface area contributed by atoms with E-state index < -0.39 is 10.8 Å². The van der Waals surface area contributed by atoms with E-state index in [1.807, 2.05) is 0 Å². The first-order chi connectivity index (χ1) is 32.2. The largest absolute Gasteiger partial charge is 0.310 e. The standard InChI is InChI=1S/C64H43N/c1-5-20-46(21-6-1)63(47-22-7-2-8-23-47)60-32-18-16-30-55(60)58-42-51(38-40-61(58)63)65(50-36-35-45-34-33-44-19-13-14-28-53(44)57(45)41-50)52-37-39-56-54-29-15-17-31-59(54)64(62(56)43-52,48-24-9-3-10-25-48)49-26-11-4-12-27-49/h1-43H. The molecule has 0 aliphatic heterocycles. The predicted octanol–water partition coefficient (Wildman–Crippen LogP) is 16.2. The fraction of sp³-hybridized carbons (Fsp3) is 0.0312. The van der Waals surface area contributed by atoms with Gasteiger partial charge in [0.25, 0.3) is 0 Å². The highest BCUT2D eigenvalue weighted by Gasteiger charge is 2.48. The Balaban J connectivity index is 1.10. The molecule has 0 unspecified atom stereocenters. The molecule has 11 aromatic rings. The molecule has 0 radical (unpaired) electrons. The Bertz CT molecular complexity index is 3510. The van der Waals surface area contributed by atoms with Gasteiger partial charge in [-0.15, -0.1) is 0 Å². The van der Waals surface area contributed by atoms with E-state index in [9.17, 15) is 0 Å². The van der Waals surface area contributed by atoms with Gasteiger partial charge in [-0.25, -0.2) is 0 Å². The van der Waals surface area contributed by atoms with Crippen LogP contribution < -0.4 is 4.90 Å². The van der Waals surface area contributed by atoms with Gasteiger partial charge < -0.3 is 4.90 Å². The average molecular weight is 826 g/mol. The summed E-state index contributed by atoms with van der Waals surface area (Å²) < 4.78 is 0. The molecule has 0 aromatic heterocycles. The van der Waals surface area contributed by atoms with Gasteiger partial charge in [0, 0.05) is 17.1 Å². The SMILES string of the molecule is c1ccc(C2(c3ccccc3)c3ccccc3-c3cc(N(c4ccc5c(c4)C(c4ccccc4)(c4ccccc4)c4ccccc4-5)c4ccc5ccc6ccccc6c5c4)ccc32)cc1. The second-order valence-electron chi connectivity index (χ2n) is 17.5. The van der Waals surface area contributed by atoms with Crippen molar-refractivity contribution in [2.75, 3.05) is 4.90 Å². The summed E-state index contributed by atoms with van der Waals surface area (Å²) in [6, 6.07) is 97.1. The second-order valence-corrected chi connectivity index (χ2v) is 17.5. The molecule has 0 N–H and O–H groups in total. The molecule has 0 heterocycles. The molecular weight excluding hydrogens is 783 g/mol. The predicted molar refractivity (Wildman–Crippen MR) is 271 cm³/mol. The average Bonchev–Trinajstić information content (AvgIpc) is 3.85. The molecule has 304 valence electrons. The van der Waals surface area contributed by atoms with E-state index in [-0.39, 0.29) is 0 Å². The van der Waals surface area contributed by atoms with Crippen molar-refractivity contribution in [1.82, 2.24) is 0 Å². The van der Waals surface area contributed by atoms with E-state index in [2.05, 4.69) is 266 Å². The number of benzene rings is 11. The molecule has 0 spiro atoms. The lowest BCUT2D eigenvalue weighted by Crippen LogP contribution is -2.29. The third-order valence-electron chi connectivity index (χ3n) is 14.4. The first-order valence-corrected chi connectivity index (χ1v) is 22.7. The van der Waals surface area contributed by atoms with Gasteiger partial charge in [0.2, 0.25) is 0 Å². The van der Waals surface area contributed by atoms with Crippen molar-refractivity contribution in [3.63, 3.8) is 0 Å². The fourth-order valence-electron chi connectivity index (χ4n) is 11.7. The third-order valence-corrected chi connectivity index (χ3v) is 14.4. The smallest absolute Gasteiger partial charge is 0.0714 e. The number of rotatable bonds is 7. The Morgan fingerprint density at radius 2 is 0.615 bits per heavy atom. The van der Waals surface area contributed by atoms with E-state index in [0.717, 1.165) is 17.1 Å². The van der Waals surface area contributed by atoms with E-state index >= 15 is 0 Å². The van der Waals surface area contributed by atoms with Gasteiger partial charge in [-0.3, -0.25) is 0 Å². The van der Waals surface area contributed by atoms with E-state index in [1.165, 1.54) is 88.3 Å². The number of fused-ring (bicyclic) bond motifs is 9. The van der Waals surface area contributed by atoms with Crippen molar-refractivity contribution in [2.45, 2.75) is 10.8 Å². The van der Waals surface area contributed by atoms with E-state index in [4.69, 9.17) is 0 Å². The molecule has 1 heteroatoms. The minimum atomic E-state index is -0.530. The molecule has 0 fully saturated rings. The molecule has 13 rings (SSSR count). The van der Waals surface area contributed by atoms with Crippen LogP contribution >= 0.6 is 0 Å². The van der Waals surface area contributed by atoms with Crippen molar-refractivity contribution in [3.8, 4) is 22.3 Å². The molecule has 2 aliphatic rings. The van der Waals surface area contributed by atoms with Crippen LogP contribution in [0.2, 0.25) is 0 Å². The van der Waals surface area contributed by atoms with Gasteiger partial charge >= 0.3 is 0 Å². The third kappa shape index (κ3) is 5.39. The number of anilines is 3. The summed E-state index contributed by atoms with van der Waals surface area (Å²) in [5, 5.41) is 4.95. The van der Waals surface area contributed by atoms with Gasteiger partial charge in [-0.2, -0.15) is 0 Å². The van der Waals surface area contributed by atoms with Crippen LogP contribution in [0.4, 0.5) is 17.1 Å². The summed E-state index contributed by atoms with van der Waals surface area (Å²) in [6.45, 7) is 0. The van der Waals surface area contributed by atoms with Gasteiger partial charge in [0.15, 0.2) is 0 Å². The lowest BCUT2D eigenvalue weighted by atomic mass is 9.67. The first-order valence-electron chi connectivity index (χ1n) is 22.7. The Labute approximate surface area is 380 Å². The van der Waals surface area contributed by atoms with Crippen LogP contribution in [-0.2, 0) is 10.8 Å². The molecule has 0 saturated heterocycles. The monoisotopic (exact) mass is 825 g/mol. The molecular formula is C64H43N. The van der Waals surface area contributed by atoms with Crippen LogP contribution in [0.5, 0.6) is 0 Å². The maximum atomic E-state index is 2.50. The van der Waals surface area contributed by atoms with Gasteiger partial charge in [0.1, 0.15) is 0 Å². The Kier molecular flexibility index (Phi) is 8.41. The number of hydrogen-bond donors (Lipinski definition) is 0. The first kappa shape index (κ1) is 37.3. The summed E-state index contributed by atoms with van der Waals surface area (Å²) in [4.78, 5) is 2.50. The van der Waals surface area contributed by atoms with Crippen LogP contribution in [0, 0.1) is 0 Å². The van der Waals surface area contributed by atoms with Crippen LogP contribution in [-0.4, -0.2) is 0 Å². The minimum absolute atomic E-state index is 0.482. The Morgan fingerprint density at radius 1 is 0.231 bits per heavy atom. The van der Waals surface area contributed by atoms with Gasteiger partial charge in [0.05, 0.1) is 10.8 Å². The summed E-state index contributed by atoms with van der Waals surface area (Å²) in [7, 11) is 0. The number of nitrogens with zero attached hydrogens (tertiary/aromatic N) is 1. The van der Waals surface area contributed by atoms with Crippen LogP contribution in [0.3, 0.4) is 0 Å². The van der Waals surface area contributed by atoms with Crippen LogP contribution in [0.25, 0.3) is 43.8 Å². The molecule has 65 heavy (non-hydrogen) atoms. The van der Waals surface area contributed by atoms with E-state index in [1.54, 1.807) is 0 Å². The zero-order valence-corrected chi connectivity index (χ0v) is 35.8. The normalized spacial score (nSPS) is 13.8. The maximum absolute atomic E-state index is 2.50. The molecule has 2 aliphatic carbocycles. The van der Waals surface area contributed by atoms with Crippen molar-refractivity contribution >= 4 is 38.6 Å². The molecule has 0 amide bonds. The fourth-order valence-corrected chi connectivity index (χ4v) is 11.7. The summed E-state index contributed by atoms with van der Waals surface area (Å²) >= 11 is 0. The Morgan fingerprint density at radius 3 is 1.22 bits per heavy atom. The van der Waals surface area contributed by atoms with Crippen molar-refractivity contribution < 1.29 is 0 Å². The maximum Gasteiger partial charge on any atom is 0.0714 e. The van der Waals surface area contributed by atoms with Gasteiger partial charge in [-0.1, -0.05) is 224 Å². The quantitative estimate of drug-likeness (QED) is 0.145. The minimum Gasteiger partial charge on any atom is -0.310 e. The lowest BCUT2D eigenvalue weighted by molar-refractivity contribution is 0.768. The molecule has 11 aromatic carbocycles. The zero-order chi connectivity index (χ0) is 43.0. The zero-order valence-electron chi connectivity index (χ0n) is 35.8.